The van der Waals surface area contributed by atoms with Crippen molar-refractivity contribution in [1.82, 2.24) is 9.80 Å². The molecular weight excluding hydrogens is 851 g/mol. The van der Waals surface area contributed by atoms with Gasteiger partial charge in [-0.2, -0.15) is 13.2 Å². The fraction of sp³-hybridized carbons (Fsp3) is 0.250. The molecule has 0 saturated carbocycles. The van der Waals surface area contributed by atoms with Gasteiger partial charge in [0.2, 0.25) is 0 Å². The molecule has 342 valence electrons. The van der Waals surface area contributed by atoms with E-state index in [4.69, 9.17) is 9.47 Å². The monoisotopic (exact) mass is 901 g/mol. The summed E-state index contributed by atoms with van der Waals surface area (Å²) in [5, 5.41) is 2.59. The van der Waals surface area contributed by atoms with Crippen LogP contribution in [0.25, 0.3) is 11.1 Å². The van der Waals surface area contributed by atoms with E-state index in [-0.39, 0.29) is 29.2 Å². The number of alkyl halides is 3. The fourth-order valence-corrected chi connectivity index (χ4v) is 8.36. The third-order valence-electron chi connectivity index (χ3n) is 11.8. The Kier molecular flexibility index (Phi) is 15.5. The number of methoxy groups -OCH3 is 2. The van der Waals surface area contributed by atoms with Crippen molar-refractivity contribution in [3.05, 3.63) is 186 Å². The lowest BCUT2D eigenvalue weighted by molar-refractivity contribution is -0.148. The van der Waals surface area contributed by atoms with E-state index in [0.717, 1.165) is 49.4 Å². The molecule has 0 radical (unpaired) electrons. The second kappa shape index (κ2) is 21.8. The molecule has 14 heteroatoms. The largest absolute Gasteiger partial charge is 0.468 e. The average Bonchev–Trinajstić information content (AvgIpc) is 3.36. The van der Waals surface area contributed by atoms with Crippen LogP contribution in [0.4, 0.5) is 34.6 Å². The molecule has 2 saturated heterocycles. The standard InChI is InChI=1S/C33H29F4N3O3.C19H22N2O2/c1-43-32(42)30(23-7-3-2-4-8-23)40-19-17-39(18-20-40)25-15-16-29(28(34)21-25)38-31(41)27-10-6-5-9-26(27)22-11-13-24(14-12-22)33(35,36)37;1-23-19(22)18(16-8-4-2-5-9-16)21-14-12-20(13-15-21)17-10-6-3-7-11-17/h2-16,21,30H,17-20H2,1H3,(H,38,41);2-11,18H,12-15H2,1H3. The van der Waals surface area contributed by atoms with E-state index in [1.807, 2.05) is 76.5 Å². The minimum atomic E-state index is -4.47. The number of rotatable bonds is 11. The maximum Gasteiger partial charge on any atom is 0.416 e. The molecule has 2 unspecified atom stereocenters. The summed E-state index contributed by atoms with van der Waals surface area (Å²) in [7, 11) is 2.82. The third kappa shape index (κ3) is 11.4. The van der Waals surface area contributed by atoms with Gasteiger partial charge in [0.05, 0.1) is 25.5 Å². The van der Waals surface area contributed by atoms with Crippen molar-refractivity contribution in [2.75, 3.05) is 81.7 Å². The number of hydrogen-bond donors (Lipinski definition) is 1. The Morgan fingerprint density at radius 1 is 0.545 bits per heavy atom. The van der Waals surface area contributed by atoms with Crippen LogP contribution in [0, 0.1) is 5.82 Å². The van der Waals surface area contributed by atoms with Crippen LogP contribution in [0.15, 0.2) is 158 Å². The molecule has 0 aliphatic carbocycles. The van der Waals surface area contributed by atoms with Crippen LogP contribution in [0.5, 0.6) is 0 Å². The molecular formula is C52H51F4N5O5. The first kappa shape index (κ1) is 46.9. The summed E-state index contributed by atoms with van der Waals surface area (Å²) in [6, 6.07) is 44.4. The molecule has 8 rings (SSSR count). The molecule has 1 amide bonds. The van der Waals surface area contributed by atoms with E-state index >= 15 is 4.39 Å². The number of anilines is 3. The molecule has 2 aliphatic heterocycles. The Labute approximate surface area is 382 Å². The van der Waals surface area contributed by atoms with E-state index in [2.05, 4.69) is 39.4 Å². The molecule has 6 aromatic carbocycles. The highest BCUT2D eigenvalue weighted by Crippen LogP contribution is 2.33. The first-order valence-electron chi connectivity index (χ1n) is 21.6. The van der Waals surface area contributed by atoms with E-state index in [0.29, 0.717) is 43.0 Å². The lowest BCUT2D eigenvalue weighted by Crippen LogP contribution is -2.49. The van der Waals surface area contributed by atoms with Gasteiger partial charge in [0, 0.05) is 69.3 Å². The van der Waals surface area contributed by atoms with Gasteiger partial charge in [-0.05, 0) is 70.8 Å². The van der Waals surface area contributed by atoms with Gasteiger partial charge in [-0.25, -0.2) is 14.0 Å². The SMILES string of the molecule is COC(=O)C(c1ccccc1)N1CCN(c2ccc(NC(=O)c3ccccc3-c3ccc(C(F)(F)F)cc3)c(F)c2)CC1.COC(=O)C(c1ccccc1)N1CCN(c2ccccc2)CC1. The summed E-state index contributed by atoms with van der Waals surface area (Å²) in [6.07, 6.45) is -4.47. The zero-order chi connectivity index (χ0) is 46.6. The van der Waals surface area contributed by atoms with Gasteiger partial charge in [-0.1, -0.05) is 109 Å². The number of hydrogen-bond acceptors (Lipinski definition) is 9. The van der Waals surface area contributed by atoms with Gasteiger partial charge in [0.1, 0.15) is 17.9 Å². The van der Waals surface area contributed by atoms with Gasteiger partial charge in [0.25, 0.3) is 5.91 Å². The number of piperazine rings is 2. The number of nitrogens with one attached hydrogen (secondary N) is 1. The summed E-state index contributed by atoms with van der Waals surface area (Å²) < 4.78 is 64.3. The van der Waals surface area contributed by atoms with E-state index in [1.165, 1.54) is 50.2 Å². The van der Waals surface area contributed by atoms with Gasteiger partial charge >= 0.3 is 18.1 Å². The molecule has 0 spiro atoms. The zero-order valence-electron chi connectivity index (χ0n) is 36.7. The topological polar surface area (TPSA) is 94.7 Å². The highest BCUT2D eigenvalue weighted by atomic mass is 19.4. The lowest BCUT2D eigenvalue weighted by atomic mass is 9.98. The maximum atomic E-state index is 15.2. The Hall–Kier alpha value is -7.03. The number of esters is 2. The van der Waals surface area contributed by atoms with Crippen molar-refractivity contribution >= 4 is 34.9 Å². The molecule has 6 aromatic rings. The van der Waals surface area contributed by atoms with E-state index < -0.39 is 29.5 Å². The number of carbonyl (C=O) groups excluding carboxylic acids is 3. The Bertz CT molecular complexity index is 2530. The number of ether oxygens (including phenoxy) is 2. The zero-order valence-corrected chi connectivity index (χ0v) is 36.7. The smallest absolute Gasteiger partial charge is 0.416 e. The van der Waals surface area contributed by atoms with E-state index in [1.54, 1.807) is 24.3 Å². The van der Waals surface area contributed by atoms with Crippen molar-refractivity contribution in [2.24, 2.45) is 0 Å². The predicted molar refractivity (Wildman–Crippen MR) is 248 cm³/mol. The van der Waals surface area contributed by atoms with Crippen molar-refractivity contribution in [3.8, 4) is 11.1 Å². The summed E-state index contributed by atoms with van der Waals surface area (Å²) in [5.74, 6) is -1.75. The minimum absolute atomic E-state index is 0.0237. The Morgan fingerprint density at radius 3 is 1.47 bits per heavy atom. The quantitative estimate of drug-likeness (QED) is 0.101. The number of halogens is 4. The van der Waals surface area contributed by atoms with Crippen molar-refractivity contribution in [3.63, 3.8) is 0 Å². The number of amides is 1. The molecule has 0 bridgehead atoms. The second-order valence-corrected chi connectivity index (χ2v) is 15.8. The average molecular weight is 902 g/mol. The number of carbonyl (C=O) groups is 3. The predicted octanol–water partition coefficient (Wildman–Crippen LogP) is 9.52. The number of nitrogens with zero attached hydrogens (tertiary/aromatic N) is 4. The number of benzene rings is 6. The molecule has 2 aliphatic rings. The molecule has 2 heterocycles. The van der Waals surface area contributed by atoms with Crippen molar-refractivity contribution < 1.29 is 41.4 Å². The van der Waals surface area contributed by atoms with Gasteiger partial charge in [0.15, 0.2) is 0 Å². The summed E-state index contributed by atoms with van der Waals surface area (Å²) >= 11 is 0. The highest BCUT2D eigenvalue weighted by Gasteiger charge is 2.33. The first-order chi connectivity index (χ1) is 31.9. The lowest BCUT2D eigenvalue weighted by Gasteiger charge is -2.39. The summed E-state index contributed by atoms with van der Waals surface area (Å²) in [5.41, 5.74) is 3.93. The van der Waals surface area contributed by atoms with Crippen molar-refractivity contribution in [1.29, 1.82) is 0 Å². The third-order valence-corrected chi connectivity index (χ3v) is 11.8. The molecule has 66 heavy (non-hydrogen) atoms. The van der Waals surface area contributed by atoms with Crippen LogP contribution < -0.4 is 15.1 Å². The van der Waals surface area contributed by atoms with Gasteiger partial charge in [-0.3, -0.25) is 14.6 Å². The summed E-state index contributed by atoms with van der Waals surface area (Å²) in [6.45, 7) is 5.69. The van der Waals surface area contributed by atoms with Crippen LogP contribution >= 0.6 is 0 Å². The Balaban J connectivity index is 0.000000236. The van der Waals surface area contributed by atoms with Crippen LogP contribution in [0.3, 0.4) is 0 Å². The van der Waals surface area contributed by atoms with Gasteiger partial charge < -0.3 is 24.6 Å². The van der Waals surface area contributed by atoms with Crippen molar-refractivity contribution in [2.45, 2.75) is 18.3 Å². The Morgan fingerprint density at radius 2 is 1.00 bits per heavy atom. The van der Waals surface area contributed by atoms with Crippen LogP contribution in [0.2, 0.25) is 0 Å². The summed E-state index contributed by atoms with van der Waals surface area (Å²) in [4.78, 5) is 46.6. The van der Waals surface area contributed by atoms with E-state index in [9.17, 15) is 27.6 Å². The van der Waals surface area contributed by atoms with Gasteiger partial charge in [-0.15, -0.1) is 0 Å². The molecule has 1 N–H and O–H groups in total. The normalized spacial score (nSPS) is 15.4. The highest BCUT2D eigenvalue weighted by molar-refractivity contribution is 6.08. The van der Waals surface area contributed by atoms with Crippen LogP contribution in [-0.4, -0.2) is 94.2 Å². The number of para-hydroxylation sites is 1. The maximum absolute atomic E-state index is 15.2. The second-order valence-electron chi connectivity index (χ2n) is 15.8. The first-order valence-corrected chi connectivity index (χ1v) is 21.6. The van der Waals surface area contributed by atoms with Crippen LogP contribution in [0.1, 0.15) is 39.1 Å². The molecule has 10 nitrogen and oxygen atoms in total. The minimum Gasteiger partial charge on any atom is -0.468 e. The van der Waals surface area contributed by atoms with Crippen LogP contribution in [-0.2, 0) is 25.2 Å². The molecule has 2 atom stereocenters. The molecule has 2 fully saturated rings. The molecule has 0 aromatic heterocycles. The fourth-order valence-electron chi connectivity index (χ4n) is 8.36.